The van der Waals surface area contributed by atoms with Crippen molar-refractivity contribution in [3.63, 3.8) is 0 Å². The molecule has 0 aliphatic carbocycles. The Morgan fingerprint density at radius 1 is 1.32 bits per heavy atom. The molecule has 0 fully saturated rings. The Balaban J connectivity index is 1.65. The number of rotatable bonds is 11. The quantitative estimate of drug-likeness (QED) is 0.537. The summed E-state index contributed by atoms with van der Waals surface area (Å²) in [6, 6.07) is 4.08. The Morgan fingerprint density at radius 3 is 2.88 bits per heavy atom. The fraction of sp³-hybridized carbons (Fsp3) is 0.476. The van der Waals surface area contributed by atoms with Crippen LogP contribution in [0.1, 0.15) is 62.8 Å². The molecule has 2 heterocycles. The molecule has 0 bridgehead atoms. The van der Waals surface area contributed by atoms with E-state index in [0.29, 0.717) is 0 Å². The zero-order valence-corrected chi connectivity index (χ0v) is 15.2. The fourth-order valence-corrected chi connectivity index (χ4v) is 2.93. The predicted octanol–water partition coefficient (Wildman–Crippen LogP) is 5.62. The SMILES string of the molecule is C/C(=C\CCC(C)CC(=O)O)CCCc1coc(Cc2ccoc2)c1. The molecule has 0 spiro atoms. The van der Waals surface area contributed by atoms with Crippen LogP contribution >= 0.6 is 0 Å². The van der Waals surface area contributed by atoms with E-state index in [-0.39, 0.29) is 12.3 Å². The third-order valence-electron chi connectivity index (χ3n) is 4.38. The Hall–Kier alpha value is -2.23. The minimum atomic E-state index is -0.708. The molecule has 0 radical (unpaired) electrons. The Labute approximate surface area is 149 Å². The fourth-order valence-electron chi connectivity index (χ4n) is 2.93. The third-order valence-corrected chi connectivity index (χ3v) is 4.38. The van der Waals surface area contributed by atoms with Gasteiger partial charge in [-0.3, -0.25) is 4.79 Å². The second-order valence-corrected chi connectivity index (χ2v) is 6.91. The lowest BCUT2D eigenvalue weighted by Crippen LogP contribution is -2.03. The molecular formula is C21H28O4. The summed E-state index contributed by atoms with van der Waals surface area (Å²) < 4.78 is 10.7. The van der Waals surface area contributed by atoms with E-state index >= 15 is 0 Å². The predicted molar refractivity (Wildman–Crippen MR) is 97.6 cm³/mol. The van der Waals surface area contributed by atoms with E-state index < -0.39 is 5.97 Å². The Kier molecular flexibility index (Phi) is 7.58. The van der Waals surface area contributed by atoms with Gasteiger partial charge in [-0.1, -0.05) is 18.6 Å². The molecule has 136 valence electrons. The van der Waals surface area contributed by atoms with Gasteiger partial charge in [0.25, 0.3) is 0 Å². The number of allylic oxidation sites excluding steroid dienone is 2. The van der Waals surface area contributed by atoms with Crippen LogP contribution in [0, 0.1) is 5.92 Å². The first-order valence-electron chi connectivity index (χ1n) is 8.97. The maximum atomic E-state index is 10.6. The van der Waals surface area contributed by atoms with Crippen LogP contribution in [0.4, 0.5) is 0 Å². The second-order valence-electron chi connectivity index (χ2n) is 6.91. The number of hydrogen-bond acceptors (Lipinski definition) is 3. The van der Waals surface area contributed by atoms with Crippen molar-refractivity contribution in [1.82, 2.24) is 0 Å². The van der Waals surface area contributed by atoms with Crippen molar-refractivity contribution in [2.75, 3.05) is 0 Å². The number of hydrogen-bond donors (Lipinski definition) is 1. The van der Waals surface area contributed by atoms with Crippen molar-refractivity contribution >= 4 is 5.97 Å². The Bertz CT molecular complexity index is 664. The molecule has 4 nitrogen and oxygen atoms in total. The zero-order valence-electron chi connectivity index (χ0n) is 15.2. The van der Waals surface area contributed by atoms with Gasteiger partial charge in [0.15, 0.2) is 0 Å². The van der Waals surface area contributed by atoms with E-state index in [9.17, 15) is 4.79 Å². The smallest absolute Gasteiger partial charge is 0.303 e. The average Bonchev–Trinajstić information content (AvgIpc) is 3.19. The first-order chi connectivity index (χ1) is 12.0. The standard InChI is InChI=1S/C21H28O4/c1-16(5-3-7-17(2)11-21(22)23)6-4-8-18-12-20(25-15-18)13-19-9-10-24-14-19/h5,9-10,12,14-15,17H,3-4,6-8,11,13H2,1-2H3,(H,22,23)/b16-5+. The summed E-state index contributed by atoms with van der Waals surface area (Å²) in [7, 11) is 0. The van der Waals surface area contributed by atoms with E-state index in [2.05, 4.69) is 19.1 Å². The number of carbonyl (C=O) groups is 1. The molecule has 1 N–H and O–H groups in total. The normalized spacial score (nSPS) is 13.1. The molecule has 0 aliphatic heterocycles. The van der Waals surface area contributed by atoms with Gasteiger partial charge in [-0.05, 0) is 68.2 Å². The number of aliphatic carboxylic acids is 1. The van der Waals surface area contributed by atoms with Crippen LogP contribution in [0.2, 0.25) is 0 Å². The molecule has 25 heavy (non-hydrogen) atoms. The van der Waals surface area contributed by atoms with Crippen molar-refractivity contribution in [1.29, 1.82) is 0 Å². The molecular weight excluding hydrogens is 316 g/mol. The molecule has 4 heteroatoms. The number of carboxylic acid groups (broad SMARTS) is 1. The summed E-state index contributed by atoms with van der Waals surface area (Å²) in [4.78, 5) is 10.6. The highest BCUT2D eigenvalue weighted by atomic mass is 16.4. The summed E-state index contributed by atoms with van der Waals surface area (Å²) >= 11 is 0. The summed E-state index contributed by atoms with van der Waals surface area (Å²) in [5, 5.41) is 8.76. The van der Waals surface area contributed by atoms with Gasteiger partial charge in [-0.2, -0.15) is 0 Å². The van der Waals surface area contributed by atoms with Crippen molar-refractivity contribution < 1.29 is 18.7 Å². The summed E-state index contributed by atoms with van der Waals surface area (Å²) in [6.45, 7) is 4.15. The topological polar surface area (TPSA) is 63.6 Å². The van der Waals surface area contributed by atoms with Crippen LogP contribution in [0.25, 0.3) is 0 Å². The lowest BCUT2D eigenvalue weighted by molar-refractivity contribution is -0.138. The first kappa shape index (κ1) is 19.1. The third kappa shape index (κ3) is 7.46. The summed E-state index contributed by atoms with van der Waals surface area (Å²) in [5.74, 6) is 0.498. The molecule has 1 atom stereocenters. The molecule has 2 aromatic rings. The molecule has 2 aromatic heterocycles. The molecule has 0 amide bonds. The minimum absolute atomic E-state index is 0.237. The van der Waals surface area contributed by atoms with Gasteiger partial charge in [0.2, 0.25) is 0 Å². The van der Waals surface area contributed by atoms with E-state index in [4.69, 9.17) is 13.9 Å². The zero-order chi connectivity index (χ0) is 18.1. The summed E-state index contributed by atoms with van der Waals surface area (Å²) in [6.07, 6.45) is 13.6. The van der Waals surface area contributed by atoms with Crippen molar-refractivity contribution in [2.45, 2.75) is 58.8 Å². The van der Waals surface area contributed by atoms with Crippen LogP contribution in [0.3, 0.4) is 0 Å². The lowest BCUT2D eigenvalue weighted by Gasteiger charge is -2.06. The first-order valence-corrected chi connectivity index (χ1v) is 8.97. The lowest BCUT2D eigenvalue weighted by atomic mass is 10.00. The van der Waals surface area contributed by atoms with Gasteiger partial charge < -0.3 is 13.9 Å². The van der Waals surface area contributed by atoms with E-state index in [1.54, 1.807) is 12.5 Å². The van der Waals surface area contributed by atoms with Crippen LogP contribution < -0.4 is 0 Å². The van der Waals surface area contributed by atoms with Gasteiger partial charge in [0.05, 0.1) is 18.8 Å². The van der Waals surface area contributed by atoms with Crippen LogP contribution in [0.15, 0.2) is 51.4 Å². The highest BCUT2D eigenvalue weighted by molar-refractivity contribution is 5.66. The van der Waals surface area contributed by atoms with Crippen molar-refractivity contribution in [3.8, 4) is 0 Å². The van der Waals surface area contributed by atoms with Gasteiger partial charge in [0.1, 0.15) is 5.76 Å². The maximum Gasteiger partial charge on any atom is 0.303 e. The van der Waals surface area contributed by atoms with Gasteiger partial charge in [0, 0.05) is 12.8 Å². The van der Waals surface area contributed by atoms with Gasteiger partial charge in [-0.25, -0.2) is 0 Å². The number of furan rings is 2. The average molecular weight is 344 g/mol. The van der Waals surface area contributed by atoms with Crippen molar-refractivity contribution in [3.05, 3.63) is 59.5 Å². The Morgan fingerprint density at radius 2 is 2.16 bits per heavy atom. The maximum absolute atomic E-state index is 10.6. The second kappa shape index (κ2) is 9.92. The highest BCUT2D eigenvalue weighted by Gasteiger charge is 2.07. The largest absolute Gasteiger partial charge is 0.481 e. The molecule has 1 unspecified atom stereocenters. The van der Waals surface area contributed by atoms with Gasteiger partial charge in [-0.15, -0.1) is 0 Å². The monoisotopic (exact) mass is 344 g/mol. The van der Waals surface area contributed by atoms with Crippen LogP contribution in [-0.4, -0.2) is 11.1 Å². The molecule has 0 saturated heterocycles. The van der Waals surface area contributed by atoms with Gasteiger partial charge >= 0.3 is 5.97 Å². The molecule has 0 aromatic carbocycles. The van der Waals surface area contributed by atoms with Crippen LogP contribution in [0.5, 0.6) is 0 Å². The summed E-state index contributed by atoms with van der Waals surface area (Å²) in [5.41, 5.74) is 3.74. The van der Waals surface area contributed by atoms with Crippen LogP contribution in [-0.2, 0) is 17.6 Å². The number of aryl methyl sites for hydroxylation is 1. The molecule has 2 rings (SSSR count). The van der Waals surface area contributed by atoms with E-state index in [0.717, 1.165) is 49.8 Å². The van der Waals surface area contributed by atoms with E-state index in [1.165, 1.54) is 11.1 Å². The molecule has 0 aliphatic rings. The van der Waals surface area contributed by atoms with Crippen molar-refractivity contribution in [2.24, 2.45) is 5.92 Å². The highest BCUT2D eigenvalue weighted by Crippen LogP contribution is 2.17. The van der Waals surface area contributed by atoms with E-state index in [1.807, 2.05) is 19.3 Å². The molecule has 0 saturated carbocycles. The minimum Gasteiger partial charge on any atom is -0.481 e. The number of carboxylic acids is 1.